The molecule has 0 saturated carbocycles. The van der Waals surface area contributed by atoms with E-state index in [1.165, 1.54) is 32.5 Å². The molecule has 0 amide bonds. The first-order chi connectivity index (χ1) is 14.9. The number of hydrogen-bond acceptors (Lipinski definition) is 6. The van der Waals surface area contributed by atoms with E-state index < -0.39 is 11.6 Å². The van der Waals surface area contributed by atoms with Crippen LogP contribution in [0, 0.1) is 11.6 Å². The first-order valence-corrected chi connectivity index (χ1v) is 9.96. The highest BCUT2D eigenvalue weighted by Gasteiger charge is 2.12. The number of aromatic nitrogens is 2. The van der Waals surface area contributed by atoms with Crippen molar-refractivity contribution in [1.82, 2.24) is 9.97 Å². The quantitative estimate of drug-likeness (QED) is 0.427. The molecule has 0 N–H and O–H groups in total. The van der Waals surface area contributed by atoms with E-state index in [9.17, 15) is 8.78 Å². The van der Waals surface area contributed by atoms with E-state index in [2.05, 4.69) is 30.6 Å². The number of ether oxygens (including phenoxy) is 4. The summed E-state index contributed by atoms with van der Waals surface area (Å²) in [6.45, 7) is 0. The lowest BCUT2D eigenvalue weighted by Crippen LogP contribution is -2.02. The number of pyridine rings is 2. The van der Waals surface area contributed by atoms with E-state index in [4.69, 9.17) is 14.2 Å². The molecule has 0 aliphatic rings. The summed E-state index contributed by atoms with van der Waals surface area (Å²) in [5.74, 6) is 0.972. The average Bonchev–Trinajstić information content (AvgIpc) is 2.80. The molecular formula is C22H23BrF2N2O4. The van der Waals surface area contributed by atoms with Crippen molar-refractivity contribution >= 4 is 15.9 Å². The van der Waals surface area contributed by atoms with Crippen molar-refractivity contribution in [3.05, 3.63) is 70.2 Å². The Labute approximate surface area is 188 Å². The van der Waals surface area contributed by atoms with Crippen LogP contribution in [0.15, 0.2) is 47.3 Å². The van der Waals surface area contributed by atoms with Gasteiger partial charge in [0.25, 0.3) is 0 Å². The van der Waals surface area contributed by atoms with E-state index in [1.807, 2.05) is 18.2 Å². The molecule has 0 saturated heterocycles. The van der Waals surface area contributed by atoms with E-state index in [0.717, 1.165) is 17.1 Å². The van der Waals surface area contributed by atoms with E-state index in [-0.39, 0.29) is 16.1 Å². The van der Waals surface area contributed by atoms with Gasteiger partial charge in [-0.3, -0.25) is 4.98 Å². The first kappa shape index (κ1) is 24.3. The molecule has 2 heterocycles. The van der Waals surface area contributed by atoms with Crippen LogP contribution in [0.25, 0.3) is 0 Å². The van der Waals surface area contributed by atoms with Gasteiger partial charge in [-0.1, -0.05) is 6.07 Å². The van der Waals surface area contributed by atoms with Crippen molar-refractivity contribution in [3.8, 4) is 23.0 Å². The summed E-state index contributed by atoms with van der Waals surface area (Å²) in [6, 6.07) is 8.54. The van der Waals surface area contributed by atoms with Gasteiger partial charge >= 0.3 is 0 Å². The van der Waals surface area contributed by atoms with E-state index in [0.29, 0.717) is 18.5 Å². The summed E-state index contributed by atoms with van der Waals surface area (Å²) in [4.78, 5) is 7.72. The van der Waals surface area contributed by atoms with Crippen molar-refractivity contribution in [2.45, 2.75) is 12.8 Å². The normalized spacial score (nSPS) is 10.0. The SMILES string of the molecule is COc1ccc(CCc2nccc(OC)c2F)c(OC)c1.COc1ccnc(Br)c1F. The molecule has 0 aliphatic heterocycles. The summed E-state index contributed by atoms with van der Waals surface area (Å²) in [5.41, 5.74) is 1.36. The number of hydrogen-bond donors (Lipinski definition) is 0. The molecule has 6 nitrogen and oxygen atoms in total. The molecule has 3 aromatic rings. The molecule has 3 rings (SSSR count). The van der Waals surface area contributed by atoms with Crippen molar-refractivity contribution in [3.63, 3.8) is 0 Å². The second kappa shape index (κ2) is 12.0. The van der Waals surface area contributed by atoms with Gasteiger partial charge in [-0.05, 0) is 40.4 Å². The minimum absolute atomic E-state index is 0.173. The Balaban J connectivity index is 0.000000285. The van der Waals surface area contributed by atoms with Crippen molar-refractivity contribution in [1.29, 1.82) is 0 Å². The third-order valence-electron chi connectivity index (χ3n) is 4.30. The molecule has 2 aromatic heterocycles. The molecule has 9 heteroatoms. The molecule has 1 aromatic carbocycles. The predicted molar refractivity (Wildman–Crippen MR) is 116 cm³/mol. The second-order valence-corrected chi connectivity index (χ2v) is 6.82. The van der Waals surface area contributed by atoms with Crippen LogP contribution < -0.4 is 18.9 Å². The van der Waals surface area contributed by atoms with Crippen molar-refractivity contribution in [2.75, 3.05) is 28.4 Å². The lowest BCUT2D eigenvalue weighted by molar-refractivity contribution is 0.381. The zero-order chi connectivity index (χ0) is 22.8. The topological polar surface area (TPSA) is 62.7 Å². The maximum Gasteiger partial charge on any atom is 0.197 e. The zero-order valence-corrected chi connectivity index (χ0v) is 19.2. The van der Waals surface area contributed by atoms with Gasteiger partial charge in [0.05, 0.1) is 34.1 Å². The number of nitrogens with zero attached hydrogens (tertiary/aromatic N) is 2. The molecule has 0 atom stereocenters. The average molecular weight is 497 g/mol. The second-order valence-electron chi connectivity index (χ2n) is 6.07. The van der Waals surface area contributed by atoms with Crippen LogP contribution in [-0.2, 0) is 12.8 Å². The number of benzene rings is 1. The summed E-state index contributed by atoms with van der Waals surface area (Å²) >= 11 is 2.92. The summed E-state index contributed by atoms with van der Waals surface area (Å²) in [5, 5.41) is 0. The highest BCUT2D eigenvalue weighted by atomic mass is 79.9. The Kier molecular flexibility index (Phi) is 9.45. The fourth-order valence-electron chi connectivity index (χ4n) is 2.67. The number of aryl methyl sites for hydroxylation is 2. The van der Waals surface area contributed by atoms with E-state index in [1.54, 1.807) is 20.4 Å². The Morgan fingerprint density at radius 2 is 1.35 bits per heavy atom. The van der Waals surface area contributed by atoms with Gasteiger partial charge in [-0.2, -0.15) is 4.39 Å². The predicted octanol–water partition coefficient (Wildman–Crippen LogP) is 5.02. The highest BCUT2D eigenvalue weighted by molar-refractivity contribution is 9.10. The Morgan fingerprint density at radius 1 is 0.742 bits per heavy atom. The maximum atomic E-state index is 14.0. The molecule has 0 spiro atoms. The van der Waals surface area contributed by atoms with Gasteiger partial charge in [-0.15, -0.1) is 0 Å². The van der Waals surface area contributed by atoms with Gasteiger partial charge in [-0.25, -0.2) is 9.37 Å². The van der Waals surface area contributed by atoms with E-state index >= 15 is 0 Å². The highest BCUT2D eigenvalue weighted by Crippen LogP contribution is 2.26. The fraction of sp³-hybridized carbons (Fsp3) is 0.273. The van der Waals surface area contributed by atoms with Crippen LogP contribution in [0.5, 0.6) is 23.0 Å². The molecule has 0 bridgehead atoms. The standard InChI is InChI=1S/C16H18FNO3.C6H5BrFNO/c1-19-12-6-4-11(15(10-12)21-3)5-7-13-16(17)14(20-2)8-9-18-13;1-10-4-2-3-9-6(7)5(4)8/h4,6,8-10H,5,7H2,1-3H3;2-3H,1H3. The van der Waals surface area contributed by atoms with Gasteiger partial charge in [0.2, 0.25) is 0 Å². The summed E-state index contributed by atoms with van der Waals surface area (Å²) in [6.07, 6.45) is 4.09. The monoisotopic (exact) mass is 496 g/mol. The number of rotatable bonds is 7. The van der Waals surface area contributed by atoms with Gasteiger partial charge < -0.3 is 18.9 Å². The minimum Gasteiger partial charge on any atom is -0.497 e. The van der Waals surface area contributed by atoms with Crippen molar-refractivity contribution < 1.29 is 27.7 Å². The lowest BCUT2D eigenvalue weighted by atomic mass is 10.1. The minimum atomic E-state index is -0.468. The van der Waals surface area contributed by atoms with Crippen LogP contribution in [0.4, 0.5) is 8.78 Å². The maximum absolute atomic E-state index is 14.0. The largest absolute Gasteiger partial charge is 0.497 e. The number of methoxy groups -OCH3 is 4. The molecule has 0 aliphatic carbocycles. The van der Waals surface area contributed by atoms with Gasteiger partial charge in [0.15, 0.2) is 23.1 Å². The zero-order valence-electron chi connectivity index (χ0n) is 17.6. The summed E-state index contributed by atoms with van der Waals surface area (Å²) in [7, 11) is 6.05. The Bertz CT molecular complexity index is 1010. The molecule has 31 heavy (non-hydrogen) atoms. The molecule has 0 radical (unpaired) electrons. The van der Waals surface area contributed by atoms with Gasteiger partial charge in [0, 0.05) is 30.6 Å². The Hall–Kier alpha value is -2.94. The lowest BCUT2D eigenvalue weighted by Gasteiger charge is -2.11. The van der Waals surface area contributed by atoms with Crippen LogP contribution in [-0.4, -0.2) is 38.4 Å². The summed E-state index contributed by atoms with van der Waals surface area (Å²) < 4.78 is 47.1. The Morgan fingerprint density at radius 3 is 1.94 bits per heavy atom. The molecule has 0 fully saturated rings. The van der Waals surface area contributed by atoms with Crippen LogP contribution in [0.1, 0.15) is 11.3 Å². The molecular weight excluding hydrogens is 474 g/mol. The van der Waals surface area contributed by atoms with Gasteiger partial charge in [0.1, 0.15) is 16.1 Å². The third kappa shape index (κ3) is 6.52. The smallest absolute Gasteiger partial charge is 0.197 e. The van der Waals surface area contributed by atoms with Crippen LogP contribution in [0.3, 0.4) is 0 Å². The van der Waals surface area contributed by atoms with Crippen LogP contribution >= 0.6 is 15.9 Å². The third-order valence-corrected chi connectivity index (χ3v) is 4.86. The first-order valence-electron chi connectivity index (χ1n) is 9.17. The molecule has 166 valence electrons. The van der Waals surface area contributed by atoms with Crippen LogP contribution in [0.2, 0.25) is 0 Å². The van der Waals surface area contributed by atoms with Crippen molar-refractivity contribution in [2.24, 2.45) is 0 Å². The molecule has 0 unspecified atom stereocenters. The number of halogens is 3. The fourth-order valence-corrected chi connectivity index (χ4v) is 2.98.